The summed E-state index contributed by atoms with van der Waals surface area (Å²) in [5.74, 6) is -0.445. The molecule has 7 nitrogen and oxygen atoms in total. The predicted octanol–water partition coefficient (Wildman–Crippen LogP) is 3.95. The second kappa shape index (κ2) is 10.4. The number of hydrogen-bond donors (Lipinski definition) is 2. The highest BCUT2D eigenvalue weighted by molar-refractivity contribution is 7.89. The van der Waals surface area contributed by atoms with Crippen molar-refractivity contribution >= 4 is 27.5 Å². The van der Waals surface area contributed by atoms with Gasteiger partial charge < -0.3 is 10.6 Å². The van der Waals surface area contributed by atoms with E-state index in [0.717, 1.165) is 22.3 Å². The minimum absolute atomic E-state index is 0.0199. The third kappa shape index (κ3) is 5.78. The molecule has 8 heteroatoms. The van der Waals surface area contributed by atoms with Gasteiger partial charge in [0.05, 0.1) is 10.9 Å². The molecule has 0 aliphatic carbocycles. The summed E-state index contributed by atoms with van der Waals surface area (Å²) in [6.07, 6.45) is 0.590. The molecule has 2 N–H and O–H groups in total. The molecular weight excluding hydrogens is 462 g/mol. The van der Waals surface area contributed by atoms with Crippen molar-refractivity contribution in [3.05, 3.63) is 95.1 Å². The van der Waals surface area contributed by atoms with Gasteiger partial charge in [0.15, 0.2) is 0 Å². The number of carbonyl (C=O) groups is 2. The van der Waals surface area contributed by atoms with Crippen LogP contribution in [0, 0.1) is 6.92 Å². The first-order valence-corrected chi connectivity index (χ1v) is 13.0. The van der Waals surface area contributed by atoms with Crippen molar-refractivity contribution in [1.29, 1.82) is 0 Å². The van der Waals surface area contributed by atoms with Crippen molar-refractivity contribution in [2.45, 2.75) is 44.2 Å². The summed E-state index contributed by atoms with van der Waals surface area (Å²) in [6.45, 7) is 4.05. The Bertz CT molecular complexity index is 1340. The maximum Gasteiger partial charge on any atom is 0.243 e. The summed E-state index contributed by atoms with van der Waals surface area (Å²) in [6, 6.07) is 21.1. The molecule has 4 rings (SSSR count). The van der Waals surface area contributed by atoms with Crippen LogP contribution in [0.3, 0.4) is 0 Å². The zero-order chi connectivity index (χ0) is 25.0. The van der Waals surface area contributed by atoms with E-state index in [-0.39, 0.29) is 29.7 Å². The van der Waals surface area contributed by atoms with Gasteiger partial charge in [-0.15, -0.1) is 0 Å². The van der Waals surface area contributed by atoms with Crippen LogP contribution in [0.1, 0.15) is 41.6 Å². The molecule has 1 aliphatic rings. The average molecular weight is 492 g/mol. The van der Waals surface area contributed by atoms with Crippen molar-refractivity contribution < 1.29 is 18.0 Å². The second-order valence-corrected chi connectivity index (χ2v) is 10.6. The van der Waals surface area contributed by atoms with Crippen LogP contribution in [0.15, 0.2) is 77.7 Å². The minimum atomic E-state index is -3.88. The van der Waals surface area contributed by atoms with Gasteiger partial charge in [-0.2, -0.15) is 4.31 Å². The van der Waals surface area contributed by atoms with Gasteiger partial charge in [0, 0.05) is 32.1 Å². The number of carbonyl (C=O) groups excluding carboxylic acids is 2. The van der Waals surface area contributed by atoms with Crippen LogP contribution in [0.4, 0.5) is 5.69 Å². The highest BCUT2D eigenvalue weighted by Gasteiger charge is 2.37. The van der Waals surface area contributed by atoms with E-state index in [1.807, 2.05) is 55.5 Å². The molecule has 1 atom stereocenters. The fraction of sp³-hybridized carbons (Fsp3) is 0.259. The number of nitrogens with one attached hydrogen (secondary N) is 2. The Morgan fingerprint density at radius 3 is 2.46 bits per heavy atom. The molecule has 35 heavy (non-hydrogen) atoms. The Balaban J connectivity index is 1.58. The van der Waals surface area contributed by atoms with E-state index in [2.05, 4.69) is 10.6 Å². The lowest BCUT2D eigenvalue weighted by Crippen LogP contribution is -2.42. The van der Waals surface area contributed by atoms with Gasteiger partial charge in [0.25, 0.3) is 0 Å². The second-order valence-electron chi connectivity index (χ2n) is 8.76. The first-order chi connectivity index (χ1) is 16.7. The van der Waals surface area contributed by atoms with E-state index in [0.29, 0.717) is 18.7 Å². The lowest BCUT2D eigenvalue weighted by molar-refractivity contribution is -0.122. The monoisotopic (exact) mass is 491 g/mol. The largest absolute Gasteiger partial charge is 0.352 e. The van der Waals surface area contributed by atoms with Crippen LogP contribution in [0.5, 0.6) is 0 Å². The summed E-state index contributed by atoms with van der Waals surface area (Å²) < 4.78 is 28.7. The van der Waals surface area contributed by atoms with Crippen LogP contribution in [-0.2, 0) is 32.6 Å². The molecule has 0 unspecified atom stereocenters. The van der Waals surface area contributed by atoms with E-state index in [9.17, 15) is 18.0 Å². The number of hydrogen-bond acceptors (Lipinski definition) is 4. The Hall–Kier alpha value is -3.49. The lowest BCUT2D eigenvalue weighted by atomic mass is 9.92. The SMILES string of the molecule is CC(=O)Nc1ccc(S(=O)(=O)N2CCc3ccccc3[C@H]2CC(=O)NCc2cccc(C)c2)cc1. The molecule has 0 fully saturated rings. The predicted molar refractivity (Wildman–Crippen MR) is 135 cm³/mol. The van der Waals surface area contributed by atoms with E-state index in [1.54, 1.807) is 12.1 Å². The highest BCUT2D eigenvalue weighted by atomic mass is 32.2. The highest BCUT2D eigenvalue weighted by Crippen LogP contribution is 2.36. The van der Waals surface area contributed by atoms with Gasteiger partial charge in [-0.05, 0) is 54.3 Å². The smallest absolute Gasteiger partial charge is 0.243 e. The first-order valence-electron chi connectivity index (χ1n) is 11.5. The third-order valence-corrected chi connectivity index (χ3v) is 8.02. The van der Waals surface area contributed by atoms with Crippen LogP contribution in [0.25, 0.3) is 0 Å². The summed E-state index contributed by atoms with van der Waals surface area (Å²) in [4.78, 5) is 24.4. The first kappa shape index (κ1) is 24.6. The normalized spacial score (nSPS) is 15.8. The third-order valence-electron chi connectivity index (χ3n) is 6.10. The fourth-order valence-corrected chi connectivity index (χ4v) is 6.05. The van der Waals surface area contributed by atoms with Gasteiger partial charge in [0.2, 0.25) is 21.8 Å². The quantitative estimate of drug-likeness (QED) is 0.523. The Morgan fingerprint density at radius 2 is 1.74 bits per heavy atom. The molecule has 0 spiro atoms. The number of nitrogens with zero attached hydrogens (tertiary/aromatic N) is 1. The molecule has 0 radical (unpaired) electrons. The van der Waals surface area contributed by atoms with Gasteiger partial charge in [-0.1, -0.05) is 54.1 Å². The molecule has 182 valence electrons. The van der Waals surface area contributed by atoms with Crippen molar-refractivity contribution in [1.82, 2.24) is 9.62 Å². The molecule has 0 saturated heterocycles. The Morgan fingerprint density at radius 1 is 1.00 bits per heavy atom. The average Bonchev–Trinajstić information content (AvgIpc) is 2.83. The summed E-state index contributed by atoms with van der Waals surface area (Å²) in [5.41, 5.74) is 4.53. The standard InChI is InChI=1S/C27H29N3O4S/c1-19-6-5-7-21(16-19)18-28-27(32)17-26-25-9-4-3-8-22(25)14-15-30(26)35(33,34)24-12-10-23(11-13-24)29-20(2)31/h3-13,16,26H,14-15,17-18H2,1-2H3,(H,28,32)(H,29,31)/t26-/m1/s1. The van der Waals surface area contributed by atoms with Crippen molar-refractivity contribution in [3.8, 4) is 0 Å². The van der Waals surface area contributed by atoms with Crippen LogP contribution in [0.2, 0.25) is 0 Å². The zero-order valence-corrected chi connectivity index (χ0v) is 20.6. The van der Waals surface area contributed by atoms with E-state index < -0.39 is 16.1 Å². The van der Waals surface area contributed by atoms with Crippen molar-refractivity contribution in [2.75, 3.05) is 11.9 Å². The Labute approximate surface area is 206 Å². The number of fused-ring (bicyclic) bond motifs is 1. The van der Waals surface area contributed by atoms with Crippen molar-refractivity contribution in [3.63, 3.8) is 0 Å². The van der Waals surface area contributed by atoms with Crippen LogP contribution >= 0.6 is 0 Å². The van der Waals surface area contributed by atoms with Gasteiger partial charge in [-0.3, -0.25) is 9.59 Å². The topological polar surface area (TPSA) is 95.6 Å². The molecule has 3 aromatic rings. The van der Waals surface area contributed by atoms with Gasteiger partial charge in [0.1, 0.15) is 0 Å². The fourth-order valence-electron chi connectivity index (χ4n) is 4.45. The molecule has 0 aromatic heterocycles. The number of amides is 2. The number of sulfonamides is 1. The van der Waals surface area contributed by atoms with Crippen LogP contribution < -0.4 is 10.6 Å². The summed E-state index contributed by atoms with van der Waals surface area (Å²) >= 11 is 0. The van der Waals surface area contributed by atoms with E-state index in [1.165, 1.54) is 23.4 Å². The summed E-state index contributed by atoms with van der Waals surface area (Å²) in [5, 5.41) is 5.58. The van der Waals surface area contributed by atoms with Crippen molar-refractivity contribution in [2.24, 2.45) is 0 Å². The Kier molecular flexibility index (Phi) is 7.33. The molecule has 1 aliphatic heterocycles. The molecule has 1 heterocycles. The molecule has 0 saturated carbocycles. The number of anilines is 1. The maximum absolute atomic E-state index is 13.6. The van der Waals surface area contributed by atoms with E-state index >= 15 is 0 Å². The zero-order valence-electron chi connectivity index (χ0n) is 19.8. The van der Waals surface area contributed by atoms with Gasteiger partial charge in [-0.25, -0.2) is 8.42 Å². The lowest BCUT2D eigenvalue weighted by Gasteiger charge is -2.36. The molecule has 0 bridgehead atoms. The molecule has 3 aromatic carbocycles. The minimum Gasteiger partial charge on any atom is -0.352 e. The maximum atomic E-state index is 13.6. The number of aryl methyl sites for hydroxylation is 1. The number of rotatable bonds is 7. The summed E-state index contributed by atoms with van der Waals surface area (Å²) in [7, 11) is -3.88. The molecule has 2 amide bonds. The molecular formula is C27H29N3O4S. The van der Waals surface area contributed by atoms with Gasteiger partial charge >= 0.3 is 0 Å². The number of benzene rings is 3. The van der Waals surface area contributed by atoms with E-state index in [4.69, 9.17) is 0 Å². The van der Waals surface area contributed by atoms with Crippen LogP contribution in [-0.4, -0.2) is 31.1 Å².